The first-order valence-electron chi connectivity index (χ1n) is 6.08. The third-order valence-electron chi connectivity index (χ3n) is 4.34. The molecule has 2 nitrogen and oxygen atoms in total. The van der Waals surface area contributed by atoms with Gasteiger partial charge in [0.25, 0.3) is 0 Å². The van der Waals surface area contributed by atoms with Gasteiger partial charge < -0.3 is 5.11 Å². The number of hydrogen-bond donors (Lipinski definition) is 1. The van der Waals surface area contributed by atoms with E-state index in [9.17, 15) is 9.90 Å². The second kappa shape index (κ2) is 3.85. The van der Waals surface area contributed by atoms with Gasteiger partial charge in [-0.1, -0.05) is 24.1 Å². The van der Waals surface area contributed by atoms with Crippen LogP contribution in [0, 0.1) is 11.3 Å². The molecular weight excluding hydrogens is 200 g/mol. The van der Waals surface area contributed by atoms with Gasteiger partial charge in [-0.15, -0.1) is 0 Å². The molecule has 1 N–H and O–H groups in total. The molecule has 0 aromatic carbocycles. The standard InChI is InChI=1S/C14H20O2/c1-4-10-8-13(16)14(3)11(10)6-5-9(2)7-12(14)15/h5,8,11-12,15H,4,6-7H2,1-3H3/t11-,12-,14+/m0/s1. The SMILES string of the molecule is CCC1=CC(=O)[C@@]2(C)[C@@H](O)CC(C)=CC[C@@H]12. The second-order valence-corrected chi connectivity index (χ2v) is 5.28. The van der Waals surface area contributed by atoms with E-state index in [1.807, 2.05) is 13.8 Å². The van der Waals surface area contributed by atoms with E-state index in [1.54, 1.807) is 6.08 Å². The average Bonchev–Trinajstić information content (AvgIpc) is 2.42. The monoisotopic (exact) mass is 220 g/mol. The van der Waals surface area contributed by atoms with E-state index >= 15 is 0 Å². The topological polar surface area (TPSA) is 37.3 Å². The third-order valence-corrected chi connectivity index (χ3v) is 4.34. The number of carbonyl (C=O) groups excluding carboxylic acids is 1. The number of rotatable bonds is 1. The predicted molar refractivity (Wildman–Crippen MR) is 64.0 cm³/mol. The van der Waals surface area contributed by atoms with Gasteiger partial charge in [0.2, 0.25) is 0 Å². The minimum atomic E-state index is -0.584. The normalized spacial score (nSPS) is 38.9. The molecular formula is C14H20O2. The molecule has 0 amide bonds. The van der Waals surface area contributed by atoms with Crippen molar-refractivity contribution in [1.29, 1.82) is 0 Å². The van der Waals surface area contributed by atoms with Gasteiger partial charge in [0, 0.05) is 0 Å². The lowest BCUT2D eigenvalue weighted by molar-refractivity contribution is -0.130. The fraction of sp³-hybridized carbons (Fsp3) is 0.643. The summed E-state index contributed by atoms with van der Waals surface area (Å²) in [5, 5.41) is 10.3. The summed E-state index contributed by atoms with van der Waals surface area (Å²) in [5.74, 6) is 0.322. The molecule has 16 heavy (non-hydrogen) atoms. The lowest BCUT2D eigenvalue weighted by Gasteiger charge is -2.34. The van der Waals surface area contributed by atoms with Crippen molar-refractivity contribution in [3.8, 4) is 0 Å². The molecule has 0 unspecified atom stereocenters. The Labute approximate surface area is 97.0 Å². The fourth-order valence-electron chi connectivity index (χ4n) is 3.04. The third kappa shape index (κ3) is 1.47. The molecule has 3 atom stereocenters. The number of aliphatic hydroxyl groups is 1. The van der Waals surface area contributed by atoms with Gasteiger partial charge in [-0.05, 0) is 45.1 Å². The van der Waals surface area contributed by atoms with Gasteiger partial charge in [-0.25, -0.2) is 0 Å². The summed E-state index contributed by atoms with van der Waals surface area (Å²) in [5.41, 5.74) is 1.82. The molecule has 0 saturated heterocycles. The van der Waals surface area contributed by atoms with Crippen molar-refractivity contribution in [2.45, 2.75) is 46.1 Å². The summed E-state index contributed by atoms with van der Waals surface area (Å²) >= 11 is 0. The molecule has 0 spiro atoms. The van der Waals surface area contributed by atoms with Crippen LogP contribution in [0.3, 0.4) is 0 Å². The molecule has 2 aliphatic carbocycles. The Balaban J connectivity index is 2.42. The number of allylic oxidation sites excluding steroid dienone is 3. The second-order valence-electron chi connectivity index (χ2n) is 5.28. The lowest BCUT2D eigenvalue weighted by atomic mass is 9.70. The number of aliphatic hydroxyl groups excluding tert-OH is 1. The average molecular weight is 220 g/mol. The largest absolute Gasteiger partial charge is 0.392 e. The number of ketones is 1. The van der Waals surface area contributed by atoms with Crippen LogP contribution in [0.1, 0.15) is 40.0 Å². The van der Waals surface area contributed by atoms with Crippen LogP contribution in [0.4, 0.5) is 0 Å². The zero-order chi connectivity index (χ0) is 11.9. The highest BCUT2D eigenvalue weighted by Gasteiger charge is 2.51. The molecule has 88 valence electrons. The summed E-state index contributed by atoms with van der Waals surface area (Å²) in [6, 6.07) is 0. The predicted octanol–water partition coefficient (Wildman–Crippen LogP) is 2.63. The van der Waals surface area contributed by atoms with Crippen molar-refractivity contribution in [2.24, 2.45) is 11.3 Å². The van der Waals surface area contributed by atoms with E-state index in [1.165, 1.54) is 11.1 Å². The molecule has 0 aliphatic heterocycles. The first kappa shape index (κ1) is 11.6. The van der Waals surface area contributed by atoms with Crippen molar-refractivity contribution in [3.05, 3.63) is 23.3 Å². The minimum absolute atomic E-state index is 0.116. The maximum Gasteiger partial charge on any atom is 0.164 e. The molecule has 0 fully saturated rings. The number of fused-ring (bicyclic) bond motifs is 1. The zero-order valence-corrected chi connectivity index (χ0v) is 10.3. The van der Waals surface area contributed by atoms with Crippen LogP contribution in [0.5, 0.6) is 0 Å². The number of hydrogen-bond acceptors (Lipinski definition) is 2. The highest BCUT2D eigenvalue weighted by Crippen LogP contribution is 2.49. The van der Waals surface area contributed by atoms with Crippen molar-refractivity contribution in [1.82, 2.24) is 0 Å². The Bertz CT molecular complexity index is 378. The Morgan fingerprint density at radius 2 is 2.25 bits per heavy atom. The van der Waals surface area contributed by atoms with Gasteiger partial charge in [-0.2, -0.15) is 0 Å². The molecule has 2 aliphatic rings. The minimum Gasteiger partial charge on any atom is -0.392 e. The maximum atomic E-state index is 12.1. The quantitative estimate of drug-likeness (QED) is 0.690. The Hall–Kier alpha value is -0.890. The van der Waals surface area contributed by atoms with Crippen molar-refractivity contribution in [2.75, 3.05) is 0 Å². The number of carbonyl (C=O) groups is 1. The summed E-state index contributed by atoms with van der Waals surface area (Å²) in [6.07, 6.45) is 5.84. The van der Waals surface area contributed by atoms with Crippen LogP contribution in [-0.4, -0.2) is 17.0 Å². The first-order valence-corrected chi connectivity index (χ1v) is 6.08. The van der Waals surface area contributed by atoms with E-state index in [-0.39, 0.29) is 11.7 Å². The van der Waals surface area contributed by atoms with E-state index < -0.39 is 11.5 Å². The van der Waals surface area contributed by atoms with Crippen molar-refractivity contribution < 1.29 is 9.90 Å². The van der Waals surface area contributed by atoms with Gasteiger partial charge in [0.15, 0.2) is 5.78 Å². The summed E-state index contributed by atoms with van der Waals surface area (Å²) < 4.78 is 0. The van der Waals surface area contributed by atoms with E-state index in [4.69, 9.17) is 0 Å². The first-order chi connectivity index (χ1) is 7.50. The van der Waals surface area contributed by atoms with Crippen LogP contribution < -0.4 is 0 Å². The highest BCUT2D eigenvalue weighted by molar-refractivity contribution is 5.99. The van der Waals surface area contributed by atoms with Gasteiger partial charge in [0.1, 0.15) is 0 Å². The molecule has 0 aromatic heterocycles. The fourth-order valence-corrected chi connectivity index (χ4v) is 3.04. The lowest BCUT2D eigenvalue weighted by Crippen LogP contribution is -2.41. The Morgan fingerprint density at radius 1 is 1.56 bits per heavy atom. The molecule has 0 saturated carbocycles. The molecule has 0 bridgehead atoms. The van der Waals surface area contributed by atoms with E-state index in [2.05, 4.69) is 13.0 Å². The highest BCUT2D eigenvalue weighted by atomic mass is 16.3. The van der Waals surface area contributed by atoms with Crippen LogP contribution in [-0.2, 0) is 4.79 Å². The van der Waals surface area contributed by atoms with Crippen LogP contribution in [0.15, 0.2) is 23.3 Å². The van der Waals surface area contributed by atoms with Crippen LogP contribution >= 0.6 is 0 Å². The van der Waals surface area contributed by atoms with Gasteiger partial charge in [-0.3, -0.25) is 4.79 Å². The molecule has 0 aromatic rings. The zero-order valence-electron chi connectivity index (χ0n) is 10.3. The summed E-state index contributed by atoms with van der Waals surface area (Å²) in [4.78, 5) is 12.1. The van der Waals surface area contributed by atoms with Crippen LogP contribution in [0.25, 0.3) is 0 Å². The Kier molecular flexibility index (Phi) is 2.79. The molecule has 2 heteroatoms. The van der Waals surface area contributed by atoms with E-state index in [0.29, 0.717) is 6.42 Å². The summed E-state index contributed by atoms with van der Waals surface area (Å²) in [6.45, 7) is 6.04. The van der Waals surface area contributed by atoms with Gasteiger partial charge >= 0.3 is 0 Å². The maximum absolute atomic E-state index is 12.1. The smallest absolute Gasteiger partial charge is 0.164 e. The van der Waals surface area contributed by atoms with Crippen molar-refractivity contribution in [3.63, 3.8) is 0 Å². The molecule has 0 radical (unpaired) electrons. The molecule has 2 rings (SSSR count). The Morgan fingerprint density at radius 3 is 2.88 bits per heavy atom. The summed E-state index contributed by atoms with van der Waals surface area (Å²) in [7, 11) is 0. The van der Waals surface area contributed by atoms with Crippen molar-refractivity contribution >= 4 is 5.78 Å². The van der Waals surface area contributed by atoms with Gasteiger partial charge in [0.05, 0.1) is 11.5 Å². The van der Waals surface area contributed by atoms with E-state index in [0.717, 1.165) is 12.8 Å². The molecule has 0 heterocycles. The van der Waals surface area contributed by atoms with Crippen LogP contribution in [0.2, 0.25) is 0 Å².